The number of halogens is 2. The fraction of sp³-hybridized carbons (Fsp3) is 0.100. The van der Waals surface area contributed by atoms with Gasteiger partial charge in [0.25, 0.3) is 0 Å². The zero-order valence-electron chi connectivity index (χ0n) is 7.77. The van der Waals surface area contributed by atoms with E-state index in [1.807, 2.05) is 0 Å². The van der Waals surface area contributed by atoms with Gasteiger partial charge in [-0.1, -0.05) is 23.2 Å². The molecule has 0 amide bonds. The molecule has 0 fully saturated rings. The molecule has 0 aliphatic heterocycles. The Bertz CT molecular complexity index is 560. The van der Waals surface area contributed by atoms with Crippen LogP contribution in [0.25, 0.3) is 10.9 Å². The van der Waals surface area contributed by atoms with Crippen molar-refractivity contribution in [3.05, 3.63) is 33.4 Å². The van der Waals surface area contributed by atoms with Crippen molar-refractivity contribution in [2.45, 2.75) is 6.92 Å². The zero-order chi connectivity index (χ0) is 11.2. The summed E-state index contributed by atoms with van der Waals surface area (Å²) in [6, 6.07) is 3.27. The number of benzene rings is 1. The molecule has 0 spiro atoms. The van der Waals surface area contributed by atoms with Gasteiger partial charge in [0.1, 0.15) is 5.69 Å². The molecule has 0 bridgehead atoms. The summed E-state index contributed by atoms with van der Waals surface area (Å²) in [5.41, 5.74) is 1.40. The predicted octanol–water partition coefficient (Wildman–Crippen LogP) is 3.48. The number of nitrogens with one attached hydrogen (secondary N) is 1. The Hall–Kier alpha value is -1.19. The van der Waals surface area contributed by atoms with E-state index in [4.69, 9.17) is 28.3 Å². The molecule has 2 rings (SSSR count). The topological polar surface area (TPSA) is 53.1 Å². The van der Waals surface area contributed by atoms with Gasteiger partial charge in [-0.25, -0.2) is 4.79 Å². The lowest BCUT2D eigenvalue weighted by molar-refractivity contribution is 0.0691. The van der Waals surface area contributed by atoms with E-state index < -0.39 is 5.97 Å². The minimum Gasteiger partial charge on any atom is -0.477 e. The van der Waals surface area contributed by atoms with Crippen LogP contribution in [-0.2, 0) is 0 Å². The maximum Gasteiger partial charge on any atom is 0.352 e. The number of carboxylic acids is 1. The second-order valence-corrected chi connectivity index (χ2v) is 4.08. The van der Waals surface area contributed by atoms with Crippen LogP contribution in [-0.4, -0.2) is 16.1 Å². The van der Waals surface area contributed by atoms with Gasteiger partial charge >= 0.3 is 5.97 Å². The summed E-state index contributed by atoms with van der Waals surface area (Å²) >= 11 is 11.8. The highest BCUT2D eigenvalue weighted by molar-refractivity contribution is 6.38. The van der Waals surface area contributed by atoms with Crippen LogP contribution in [0.4, 0.5) is 0 Å². The molecule has 15 heavy (non-hydrogen) atoms. The standard InChI is InChI=1S/C10H7Cl2NO2/c1-4-6-2-5(11)3-7(12)9(6)13-8(4)10(14)15/h2-3,13H,1H3,(H,14,15). The molecular weight excluding hydrogens is 237 g/mol. The highest BCUT2D eigenvalue weighted by atomic mass is 35.5. The second kappa shape index (κ2) is 3.43. The maximum atomic E-state index is 10.9. The van der Waals surface area contributed by atoms with Crippen molar-refractivity contribution in [1.82, 2.24) is 4.98 Å². The third kappa shape index (κ3) is 1.58. The van der Waals surface area contributed by atoms with Gasteiger partial charge in [-0.2, -0.15) is 0 Å². The van der Waals surface area contributed by atoms with E-state index in [0.29, 0.717) is 21.1 Å². The number of carboxylic acid groups (broad SMARTS) is 1. The fourth-order valence-electron chi connectivity index (χ4n) is 1.56. The van der Waals surface area contributed by atoms with Gasteiger partial charge < -0.3 is 10.1 Å². The van der Waals surface area contributed by atoms with Crippen LogP contribution in [0.3, 0.4) is 0 Å². The minimum absolute atomic E-state index is 0.147. The third-order valence-corrected chi connectivity index (χ3v) is 2.81. The van der Waals surface area contributed by atoms with Crippen molar-refractivity contribution in [2.24, 2.45) is 0 Å². The van der Waals surface area contributed by atoms with E-state index in [-0.39, 0.29) is 5.69 Å². The molecule has 2 aromatic rings. The molecule has 0 aliphatic rings. The van der Waals surface area contributed by atoms with Crippen molar-refractivity contribution in [3.63, 3.8) is 0 Å². The summed E-state index contributed by atoms with van der Waals surface area (Å²) in [6.07, 6.45) is 0. The predicted molar refractivity (Wildman–Crippen MR) is 60.0 cm³/mol. The molecule has 78 valence electrons. The van der Waals surface area contributed by atoms with Gasteiger partial charge in [0.05, 0.1) is 10.5 Å². The van der Waals surface area contributed by atoms with Crippen molar-refractivity contribution in [2.75, 3.05) is 0 Å². The minimum atomic E-state index is -1.00. The summed E-state index contributed by atoms with van der Waals surface area (Å²) in [4.78, 5) is 13.6. The van der Waals surface area contributed by atoms with Gasteiger partial charge in [-0.15, -0.1) is 0 Å². The molecule has 3 nitrogen and oxygen atoms in total. The van der Waals surface area contributed by atoms with Gasteiger partial charge in [-0.3, -0.25) is 0 Å². The number of fused-ring (bicyclic) bond motifs is 1. The van der Waals surface area contributed by atoms with Crippen LogP contribution >= 0.6 is 23.2 Å². The lowest BCUT2D eigenvalue weighted by atomic mass is 10.1. The smallest absolute Gasteiger partial charge is 0.352 e. The van der Waals surface area contributed by atoms with Gasteiger partial charge in [0.15, 0.2) is 0 Å². The number of hydrogen-bond acceptors (Lipinski definition) is 1. The van der Waals surface area contributed by atoms with E-state index in [1.54, 1.807) is 19.1 Å². The number of aryl methyl sites for hydroxylation is 1. The molecule has 1 aromatic heterocycles. The Balaban J connectivity index is 2.88. The average molecular weight is 244 g/mol. The number of H-pyrrole nitrogens is 1. The first-order valence-corrected chi connectivity index (χ1v) is 4.97. The number of aromatic amines is 1. The first-order valence-electron chi connectivity index (χ1n) is 4.21. The summed E-state index contributed by atoms with van der Waals surface area (Å²) in [7, 11) is 0. The Labute approximate surface area is 95.6 Å². The van der Waals surface area contributed by atoms with Gasteiger partial charge in [-0.05, 0) is 24.6 Å². The Morgan fingerprint density at radius 1 is 1.40 bits per heavy atom. The van der Waals surface area contributed by atoms with Crippen molar-refractivity contribution in [1.29, 1.82) is 0 Å². The summed E-state index contributed by atoms with van der Waals surface area (Å²) in [5.74, 6) is -1.00. The maximum absolute atomic E-state index is 10.9. The molecule has 0 saturated carbocycles. The Kier molecular flexibility index (Phi) is 2.37. The second-order valence-electron chi connectivity index (χ2n) is 3.24. The van der Waals surface area contributed by atoms with Crippen LogP contribution in [0.15, 0.2) is 12.1 Å². The zero-order valence-corrected chi connectivity index (χ0v) is 9.28. The number of rotatable bonds is 1. The SMILES string of the molecule is Cc1c(C(=O)O)[nH]c2c(Cl)cc(Cl)cc12. The highest BCUT2D eigenvalue weighted by Crippen LogP contribution is 2.31. The Morgan fingerprint density at radius 3 is 2.67 bits per heavy atom. The Morgan fingerprint density at radius 2 is 2.07 bits per heavy atom. The molecule has 0 aliphatic carbocycles. The number of hydrogen-bond donors (Lipinski definition) is 2. The molecule has 2 N–H and O–H groups in total. The van der Waals surface area contributed by atoms with Gasteiger partial charge in [0, 0.05) is 10.4 Å². The quantitative estimate of drug-likeness (QED) is 0.806. The molecule has 1 aromatic carbocycles. The average Bonchev–Trinajstić information content (AvgIpc) is 2.44. The van der Waals surface area contributed by atoms with Crippen LogP contribution < -0.4 is 0 Å². The van der Waals surface area contributed by atoms with E-state index in [1.165, 1.54) is 0 Å². The number of carbonyl (C=O) groups is 1. The molecule has 1 heterocycles. The third-order valence-electron chi connectivity index (χ3n) is 2.30. The molecule has 0 saturated heterocycles. The first-order chi connectivity index (χ1) is 7.00. The monoisotopic (exact) mass is 243 g/mol. The first kappa shape index (κ1) is 10.3. The number of aromatic nitrogens is 1. The van der Waals surface area contributed by atoms with Crippen LogP contribution in [0.1, 0.15) is 16.1 Å². The van der Waals surface area contributed by atoms with Crippen molar-refractivity contribution in [3.8, 4) is 0 Å². The van der Waals surface area contributed by atoms with E-state index in [0.717, 1.165) is 5.39 Å². The largest absolute Gasteiger partial charge is 0.477 e. The van der Waals surface area contributed by atoms with Crippen molar-refractivity contribution >= 4 is 40.1 Å². The molecule has 5 heteroatoms. The molecule has 0 radical (unpaired) electrons. The molecule has 0 atom stereocenters. The lowest BCUT2D eigenvalue weighted by Crippen LogP contribution is -1.98. The molecule has 0 unspecified atom stereocenters. The van der Waals surface area contributed by atoms with Gasteiger partial charge in [0.2, 0.25) is 0 Å². The van der Waals surface area contributed by atoms with Crippen LogP contribution in [0.5, 0.6) is 0 Å². The normalized spacial score (nSPS) is 10.9. The van der Waals surface area contributed by atoms with Crippen molar-refractivity contribution < 1.29 is 9.90 Å². The van der Waals surface area contributed by atoms with E-state index >= 15 is 0 Å². The summed E-state index contributed by atoms with van der Waals surface area (Å²) in [6.45, 7) is 1.72. The van der Waals surface area contributed by atoms with Crippen LogP contribution in [0.2, 0.25) is 10.0 Å². The summed E-state index contributed by atoms with van der Waals surface area (Å²) < 4.78 is 0. The van der Waals surface area contributed by atoms with E-state index in [2.05, 4.69) is 4.98 Å². The van der Waals surface area contributed by atoms with Crippen LogP contribution in [0, 0.1) is 6.92 Å². The summed E-state index contributed by atoms with van der Waals surface area (Å²) in [5, 5.41) is 10.6. The molecular formula is C10H7Cl2NO2. The fourth-order valence-corrected chi connectivity index (χ4v) is 2.10. The van der Waals surface area contributed by atoms with E-state index in [9.17, 15) is 4.79 Å². The number of aromatic carboxylic acids is 1. The lowest BCUT2D eigenvalue weighted by Gasteiger charge is -1.95. The highest BCUT2D eigenvalue weighted by Gasteiger charge is 2.15.